The van der Waals surface area contributed by atoms with Gasteiger partial charge in [-0.2, -0.15) is 9.78 Å². The molecule has 0 atom stereocenters. The first kappa shape index (κ1) is 9.20. The Morgan fingerprint density at radius 1 is 1.53 bits per heavy atom. The van der Waals surface area contributed by atoms with Crippen molar-refractivity contribution in [3.8, 4) is 5.69 Å². The number of H-pyrrole nitrogens is 1. The van der Waals surface area contributed by atoms with Crippen LogP contribution in [-0.2, 0) is 0 Å². The first-order valence-electron chi connectivity index (χ1n) is 4.26. The summed E-state index contributed by atoms with van der Waals surface area (Å²) < 4.78 is 1.16. The van der Waals surface area contributed by atoms with Crippen LogP contribution in [0.5, 0.6) is 0 Å². The Morgan fingerprint density at radius 3 is 2.93 bits per heavy atom. The molecule has 0 aliphatic heterocycles. The third-order valence-corrected chi connectivity index (χ3v) is 2.04. The number of aromatic nitrogens is 3. The van der Waals surface area contributed by atoms with Gasteiger partial charge in [0, 0.05) is 17.5 Å². The van der Waals surface area contributed by atoms with Crippen molar-refractivity contribution in [1.29, 1.82) is 5.41 Å². The molecule has 0 fully saturated rings. The van der Waals surface area contributed by atoms with Gasteiger partial charge >= 0.3 is 5.69 Å². The van der Waals surface area contributed by atoms with Crippen molar-refractivity contribution in [2.24, 2.45) is 0 Å². The average molecular weight is 203 g/mol. The number of hydrogen-bond acceptors (Lipinski definition) is 4. The maximum atomic E-state index is 11.3. The third-order valence-electron chi connectivity index (χ3n) is 2.04. The molecule has 2 aromatic rings. The van der Waals surface area contributed by atoms with Gasteiger partial charge in [-0.15, -0.1) is 0 Å². The monoisotopic (exact) mass is 203 g/mol. The molecule has 0 saturated carbocycles. The van der Waals surface area contributed by atoms with Gasteiger partial charge < -0.3 is 11.1 Å². The van der Waals surface area contributed by atoms with E-state index in [1.54, 1.807) is 18.2 Å². The summed E-state index contributed by atoms with van der Waals surface area (Å²) in [6.07, 6.45) is 2.39. The lowest BCUT2D eigenvalue weighted by atomic mass is 10.1. The Kier molecular flexibility index (Phi) is 2.09. The van der Waals surface area contributed by atoms with E-state index >= 15 is 0 Å². The van der Waals surface area contributed by atoms with Crippen molar-refractivity contribution >= 4 is 11.9 Å². The fourth-order valence-corrected chi connectivity index (χ4v) is 1.34. The molecule has 0 unspecified atom stereocenters. The molecule has 6 nitrogen and oxygen atoms in total. The molecule has 0 aliphatic carbocycles. The van der Waals surface area contributed by atoms with Gasteiger partial charge in [0.25, 0.3) is 0 Å². The van der Waals surface area contributed by atoms with Crippen LogP contribution in [0.3, 0.4) is 0 Å². The summed E-state index contributed by atoms with van der Waals surface area (Å²) in [7, 11) is 0. The maximum absolute atomic E-state index is 11.3. The molecule has 0 bridgehead atoms. The van der Waals surface area contributed by atoms with Crippen LogP contribution in [0.4, 0.5) is 5.69 Å². The Balaban J connectivity index is 2.73. The van der Waals surface area contributed by atoms with Gasteiger partial charge in [-0.3, -0.25) is 4.98 Å². The molecule has 1 aromatic carbocycles. The van der Waals surface area contributed by atoms with Crippen molar-refractivity contribution in [2.45, 2.75) is 0 Å². The summed E-state index contributed by atoms with van der Waals surface area (Å²) in [6.45, 7) is 0. The van der Waals surface area contributed by atoms with Crippen LogP contribution in [0.15, 0.2) is 29.3 Å². The maximum Gasteiger partial charge on any atom is 0.347 e. The number of hydrogen-bond donors (Lipinski definition) is 3. The molecular weight excluding hydrogens is 194 g/mol. The van der Waals surface area contributed by atoms with Gasteiger partial charge in [0.1, 0.15) is 6.33 Å². The van der Waals surface area contributed by atoms with E-state index < -0.39 is 0 Å². The second kappa shape index (κ2) is 3.41. The molecule has 0 radical (unpaired) electrons. The standard InChI is InChI=1S/C9H9N5O/c10-4-6-7(11)2-1-3-8(6)14-9(15)12-5-13-14/h1-5,10H,11H2,(H,12,13,15). The van der Waals surface area contributed by atoms with Gasteiger partial charge in [0.05, 0.1) is 5.69 Å². The summed E-state index contributed by atoms with van der Waals surface area (Å²) in [4.78, 5) is 13.7. The van der Waals surface area contributed by atoms with E-state index in [1.807, 2.05) is 0 Å². The zero-order valence-electron chi connectivity index (χ0n) is 7.77. The zero-order valence-corrected chi connectivity index (χ0v) is 7.77. The summed E-state index contributed by atoms with van der Waals surface area (Å²) in [5, 5.41) is 11.1. The van der Waals surface area contributed by atoms with Crippen LogP contribution >= 0.6 is 0 Å². The summed E-state index contributed by atoms with van der Waals surface area (Å²) in [6, 6.07) is 5.05. The molecule has 2 rings (SSSR count). The molecular formula is C9H9N5O. The second-order valence-electron chi connectivity index (χ2n) is 2.93. The Morgan fingerprint density at radius 2 is 2.33 bits per heavy atom. The minimum absolute atomic E-state index is 0.358. The van der Waals surface area contributed by atoms with Gasteiger partial charge in [0.15, 0.2) is 0 Å². The highest BCUT2D eigenvalue weighted by atomic mass is 16.1. The Hall–Kier alpha value is -2.37. The van der Waals surface area contributed by atoms with Crippen LogP contribution < -0.4 is 11.4 Å². The smallest absolute Gasteiger partial charge is 0.347 e. The SMILES string of the molecule is N=Cc1c(N)cccc1-n1nc[nH]c1=O. The lowest BCUT2D eigenvalue weighted by molar-refractivity contribution is 0.842. The quantitative estimate of drug-likeness (QED) is 0.478. The highest BCUT2D eigenvalue weighted by molar-refractivity contribution is 5.89. The minimum atomic E-state index is -0.358. The first-order chi connectivity index (χ1) is 7.24. The molecule has 0 amide bonds. The molecule has 15 heavy (non-hydrogen) atoms. The van der Waals surface area contributed by atoms with Crippen LogP contribution in [0.1, 0.15) is 5.56 Å². The minimum Gasteiger partial charge on any atom is -0.398 e. The first-order valence-corrected chi connectivity index (χ1v) is 4.26. The highest BCUT2D eigenvalue weighted by Gasteiger charge is 2.08. The molecule has 1 heterocycles. The molecule has 6 heteroatoms. The molecule has 76 valence electrons. The Bertz CT molecular complexity index is 554. The molecule has 0 saturated heterocycles. The predicted molar refractivity (Wildman–Crippen MR) is 56.5 cm³/mol. The van der Waals surface area contributed by atoms with E-state index in [9.17, 15) is 4.79 Å². The van der Waals surface area contributed by atoms with Crippen molar-refractivity contribution < 1.29 is 0 Å². The number of aromatic amines is 1. The predicted octanol–water partition coefficient (Wildman–Crippen LogP) is 0.140. The fourth-order valence-electron chi connectivity index (χ4n) is 1.34. The molecule has 0 aliphatic rings. The van der Waals surface area contributed by atoms with Crippen molar-refractivity contribution in [2.75, 3.05) is 5.73 Å². The fraction of sp³-hybridized carbons (Fsp3) is 0. The number of anilines is 1. The van der Waals surface area contributed by atoms with Crippen LogP contribution in [0.2, 0.25) is 0 Å². The van der Waals surface area contributed by atoms with E-state index in [0.717, 1.165) is 10.9 Å². The summed E-state index contributed by atoms with van der Waals surface area (Å²) in [5.41, 5.74) is 6.74. The van der Waals surface area contributed by atoms with Gasteiger partial charge in [-0.1, -0.05) is 6.07 Å². The van der Waals surface area contributed by atoms with E-state index in [1.165, 1.54) is 6.33 Å². The van der Waals surface area contributed by atoms with Crippen LogP contribution in [-0.4, -0.2) is 21.0 Å². The van der Waals surface area contributed by atoms with Crippen LogP contribution in [0, 0.1) is 5.41 Å². The average Bonchev–Trinajstić information content (AvgIpc) is 2.64. The van der Waals surface area contributed by atoms with E-state index in [0.29, 0.717) is 16.9 Å². The number of nitrogens with two attached hydrogens (primary N) is 1. The Labute approximate surface area is 84.9 Å². The van der Waals surface area contributed by atoms with Crippen molar-refractivity contribution in [3.05, 3.63) is 40.6 Å². The van der Waals surface area contributed by atoms with E-state index in [-0.39, 0.29) is 5.69 Å². The van der Waals surface area contributed by atoms with Gasteiger partial charge in [0.2, 0.25) is 0 Å². The zero-order chi connectivity index (χ0) is 10.8. The molecule has 4 N–H and O–H groups in total. The molecule has 1 aromatic heterocycles. The highest BCUT2D eigenvalue weighted by Crippen LogP contribution is 2.16. The normalized spacial score (nSPS) is 10.1. The topological polar surface area (TPSA) is 101 Å². The summed E-state index contributed by atoms with van der Waals surface area (Å²) >= 11 is 0. The van der Waals surface area contributed by atoms with Gasteiger partial charge in [-0.25, -0.2) is 4.79 Å². The second-order valence-corrected chi connectivity index (χ2v) is 2.93. The van der Waals surface area contributed by atoms with Crippen LogP contribution in [0.25, 0.3) is 5.69 Å². The number of nitrogens with zero attached hydrogens (tertiary/aromatic N) is 2. The third kappa shape index (κ3) is 1.41. The summed E-state index contributed by atoms with van der Waals surface area (Å²) in [5.74, 6) is 0. The number of nitrogen functional groups attached to an aromatic ring is 1. The number of benzene rings is 1. The number of rotatable bonds is 2. The number of nitrogens with one attached hydrogen (secondary N) is 2. The van der Waals surface area contributed by atoms with E-state index in [4.69, 9.17) is 11.1 Å². The largest absolute Gasteiger partial charge is 0.398 e. The molecule has 0 spiro atoms. The van der Waals surface area contributed by atoms with Crippen molar-refractivity contribution in [1.82, 2.24) is 14.8 Å². The lowest BCUT2D eigenvalue weighted by Crippen LogP contribution is -2.18. The lowest BCUT2D eigenvalue weighted by Gasteiger charge is -2.06. The van der Waals surface area contributed by atoms with E-state index in [2.05, 4.69) is 10.1 Å². The van der Waals surface area contributed by atoms with Crippen molar-refractivity contribution in [3.63, 3.8) is 0 Å². The van der Waals surface area contributed by atoms with Gasteiger partial charge in [-0.05, 0) is 12.1 Å².